The molecule has 0 spiro atoms. The molecular weight excluding hydrogens is 352 g/mol. The van der Waals surface area contributed by atoms with Crippen LogP contribution in [0.2, 0.25) is 0 Å². The van der Waals surface area contributed by atoms with Crippen molar-refractivity contribution in [2.24, 2.45) is 5.92 Å². The Kier molecular flexibility index (Phi) is 6.73. The quantitative estimate of drug-likeness (QED) is 0.707. The van der Waals surface area contributed by atoms with E-state index in [1.807, 2.05) is 31.7 Å². The number of carbonyl (C=O) groups is 1. The van der Waals surface area contributed by atoms with Gasteiger partial charge in [-0.25, -0.2) is 4.79 Å². The minimum atomic E-state index is -0.452. The maximum atomic E-state index is 12.3. The Labute approximate surface area is 169 Å². The molecule has 1 aromatic rings. The molecule has 28 heavy (non-hydrogen) atoms. The summed E-state index contributed by atoms with van der Waals surface area (Å²) in [7, 11) is 0. The van der Waals surface area contributed by atoms with Crippen molar-refractivity contribution in [2.45, 2.75) is 77.2 Å². The Bertz CT molecular complexity index is 654. The monoisotopic (exact) mass is 388 g/mol. The Morgan fingerprint density at radius 1 is 1.07 bits per heavy atom. The molecule has 0 radical (unpaired) electrons. The summed E-state index contributed by atoms with van der Waals surface area (Å²) in [4.78, 5) is 14.1. The average Bonchev–Trinajstić information content (AvgIpc) is 2.65. The third kappa shape index (κ3) is 6.05. The number of rotatable bonds is 4. The van der Waals surface area contributed by atoms with E-state index in [2.05, 4.69) is 12.1 Å². The van der Waals surface area contributed by atoms with Crippen LogP contribution in [0, 0.1) is 5.92 Å². The van der Waals surface area contributed by atoms with Crippen molar-refractivity contribution in [1.29, 1.82) is 0 Å². The number of hydrogen-bond donors (Lipinski definition) is 1. The standard InChI is InChI=1S/C23H36N2O3/c1-23(2,3)28-22(26)25-11-9-18(10-12-25)19-13-20(24)15-21(14-19)27-16-17-7-5-4-6-8-17/h13-15,17-18H,4-12,16,24H2,1-3H3. The molecule has 3 rings (SSSR count). The van der Waals surface area contributed by atoms with Crippen LogP contribution in [0.1, 0.15) is 77.2 Å². The molecule has 5 heteroatoms. The number of nitrogens with zero attached hydrogens (tertiary/aromatic N) is 1. The number of amides is 1. The highest BCUT2D eigenvalue weighted by molar-refractivity contribution is 5.68. The van der Waals surface area contributed by atoms with Crippen molar-refractivity contribution < 1.29 is 14.3 Å². The van der Waals surface area contributed by atoms with Crippen molar-refractivity contribution >= 4 is 11.8 Å². The molecule has 1 aliphatic heterocycles. The highest BCUT2D eigenvalue weighted by Gasteiger charge is 2.27. The molecule has 0 aromatic heterocycles. The summed E-state index contributed by atoms with van der Waals surface area (Å²) >= 11 is 0. The lowest BCUT2D eigenvalue weighted by atomic mass is 9.89. The van der Waals surface area contributed by atoms with Crippen LogP contribution in [0.15, 0.2) is 18.2 Å². The Morgan fingerprint density at radius 3 is 2.39 bits per heavy atom. The van der Waals surface area contributed by atoms with Crippen LogP contribution < -0.4 is 10.5 Å². The molecule has 156 valence electrons. The molecule has 1 heterocycles. The van der Waals surface area contributed by atoms with Gasteiger partial charge in [0, 0.05) is 24.8 Å². The van der Waals surface area contributed by atoms with E-state index in [1.54, 1.807) is 0 Å². The first kappa shape index (κ1) is 20.8. The summed E-state index contributed by atoms with van der Waals surface area (Å²) in [5, 5.41) is 0. The number of ether oxygens (including phenoxy) is 2. The normalized spacial score (nSPS) is 19.5. The molecule has 0 bridgehead atoms. The average molecular weight is 389 g/mol. The Balaban J connectivity index is 1.55. The van der Waals surface area contributed by atoms with Gasteiger partial charge < -0.3 is 20.1 Å². The molecule has 0 atom stereocenters. The predicted molar refractivity (Wildman–Crippen MR) is 113 cm³/mol. The first-order valence-corrected chi connectivity index (χ1v) is 10.8. The van der Waals surface area contributed by atoms with E-state index in [0.717, 1.165) is 30.9 Å². The Hall–Kier alpha value is -1.91. The first-order chi connectivity index (χ1) is 13.3. The molecule has 0 unspecified atom stereocenters. The largest absolute Gasteiger partial charge is 0.493 e. The lowest BCUT2D eigenvalue weighted by Crippen LogP contribution is -2.41. The van der Waals surface area contributed by atoms with Crippen LogP contribution in [-0.4, -0.2) is 36.3 Å². The highest BCUT2D eigenvalue weighted by Crippen LogP contribution is 2.33. The second kappa shape index (κ2) is 9.06. The number of hydrogen-bond acceptors (Lipinski definition) is 4. The number of likely N-dealkylation sites (tertiary alicyclic amines) is 1. The number of anilines is 1. The van der Waals surface area contributed by atoms with Gasteiger partial charge in [0.15, 0.2) is 0 Å². The maximum Gasteiger partial charge on any atom is 0.410 e. The van der Waals surface area contributed by atoms with Crippen LogP contribution in [0.3, 0.4) is 0 Å². The third-order valence-corrected chi connectivity index (χ3v) is 5.78. The van der Waals surface area contributed by atoms with Gasteiger partial charge in [0.05, 0.1) is 6.61 Å². The topological polar surface area (TPSA) is 64.8 Å². The van der Waals surface area contributed by atoms with Crippen LogP contribution in [0.4, 0.5) is 10.5 Å². The molecule has 1 amide bonds. The molecule has 1 saturated heterocycles. The molecule has 5 nitrogen and oxygen atoms in total. The molecule has 1 aromatic carbocycles. The fourth-order valence-electron chi connectivity index (χ4n) is 4.25. The van der Waals surface area contributed by atoms with E-state index in [4.69, 9.17) is 15.2 Å². The molecule has 2 N–H and O–H groups in total. The second-order valence-corrected chi connectivity index (χ2v) is 9.39. The van der Waals surface area contributed by atoms with Gasteiger partial charge in [-0.05, 0) is 76.0 Å². The van der Waals surface area contributed by atoms with Gasteiger partial charge in [-0.3, -0.25) is 0 Å². The number of benzene rings is 1. The summed E-state index contributed by atoms with van der Waals surface area (Å²) in [5.41, 5.74) is 7.68. The van der Waals surface area contributed by atoms with E-state index < -0.39 is 5.60 Å². The smallest absolute Gasteiger partial charge is 0.410 e. The van der Waals surface area contributed by atoms with Crippen LogP contribution in [0.25, 0.3) is 0 Å². The Morgan fingerprint density at radius 2 is 1.75 bits per heavy atom. The fraction of sp³-hybridized carbons (Fsp3) is 0.696. The molecular formula is C23H36N2O3. The number of nitrogen functional groups attached to an aromatic ring is 1. The van der Waals surface area contributed by atoms with Gasteiger partial charge in [0.25, 0.3) is 0 Å². The van der Waals surface area contributed by atoms with E-state index in [9.17, 15) is 4.79 Å². The van der Waals surface area contributed by atoms with Gasteiger partial charge >= 0.3 is 6.09 Å². The van der Waals surface area contributed by atoms with Gasteiger partial charge in [-0.2, -0.15) is 0 Å². The SMILES string of the molecule is CC(C)(C)OC(=O)N1CCC(c2cc(N)cc(OCC3CCCCC3)c2)CC1. The van der Waals surface area contributed by atoms with Crippen molar-refractivity contribution in [3.63, 3.8) is 0 Å². The summed E-state index contributed by atoms with van der Waals surface area (Å²) in [6.07, 6.45) is 8.20. The minimum Gasteiger partial charge on any atom is -0.493 e. The first-order valence-electron chi connectivity index (χ1n) is 10.8. The van der Waals surface area contributed by atoms with Crippen molar-refractivity contribution in [2.75, 3.05) is 25.4 Å². The van der Waals surface area contributed by atoms with Crippen LogP contribution >= 0.6 is 0 Å². The van der Waals surface area contributed by atoms with Crippen LogP contribution in [0.5, 0.6) is 5.75 Å². The summed E-state index contributed by atoms with van der Waals surface area (Å²) in [5.74, 6) is 1.96. The van der Waals surface area contributed by atoms with Crippen molar-refractivity contribution in [3.8, 4) is 5.75 Å². The summed E-state index contributed by atoms with van der Waals surface area (Å²) in [6, 6.07) is 6.14. The lowest BCUT2D eigenvalue weighted by molar-refractivity contribution is 0.0204. The third-order valence-electron chi connectivity index (χ3n) is 5.78. The molecule has 1 aliphatic carbocycles. The fourth-order valence-corrected chi connectivity index (χ4v) is 4.25. The summed E-state index contributed by atoms with van der Waals surface area (Å²) in [6.45, 7) is 7.93. The van der Waals surface area contributed by atoms with Crippen molar-refractivity contribution in [1.82, 2.24) is 4.90 Å². The zero-order valence-corrected chi connectivity index (χ0v) is 17.7. The van der Waals surface area contributed by atoms with Gasteiger partial charge in [0.2, 0.25) is 0 Å². The minimum absolute atomic E-state index is 0.213. The van der Waals surface area contributed by atoms with E-state index in [0.29, 0.717) is 24.9 Å². The number of piperidine rings is 1. The van der Waals surface area contributed by atoms with E-state index >= 15 is 0 Å². The molecule has 2 fully saturated rings. The molecule has 2 aliphatic rings. The van der Waals surface area contributed by atoms with Crippen LogP contribution in [-0.2, 0) is 4.74 Å². The summed E-state index contributed by atoms with van der Waals surface area (Å²) < 4.78 is 11.6. The number of nitrogens with two attached hydrogens (primary N) is 1. The highest BCUT2D eigenvalue weighted by atomic mass is 16.6. The lowest BCUT2D eigenvalue weighted by Gasteiger charge is -2.33. The maximum absolute atomic E-state index is 12.3. The van der Waals surface area contributed by atoms with E-state index in [-0.39, 0.29) is 6.09 Å². The van der Waals surface area contributed by atoms with Gasteiger partial charge in [0.1, 0.15) is 11.4 Å². The number of carbonyl (C=O) groups excluding carboxylic acids is 1. The van der Waals surface area contributed by atoms with E-state index in [1.165, 1.54) is 37.7 Å². The van der Waals surface area contributed by atoms with Gasteiger partial charge in [-0.1, -0.05) is 19.3 Å². The van der Waals surface area contributed by atoms with Gasteiger partial charge in [-0.15, -0.1) is 0 Å². The zero-order chi connectivity index (χ0) is 20.1. The second-order valence-electron chi connectivity index (χ2n) is 9.39. The molecule has 1 saturated carbocycles. The van der Waals surface area contributed by atoms with Crippen molar-refractivity contribution in [3.05, 3.63) is 23.8 Å². The zero-order valence-electron chi connectivity index (χ0n) is 17.7. The predicted octanol–water partition coefficient (Wildman–Crippen LogP) is 5.34.